The van der Waals surface area contributed by atoms with Crippen molar-refractivity contribution < 1.29 is 9.47 Å². The van der Waals surface area contributed by atoms with Crippen LogP contribution in [0.5, 0.6) is 11.5 Å². The lowest BCUT2D eigenvalue weighted by Crippen LogP contribution is -1.92. The molecule has 1 aliphatic heterocycles. The summed E-state index contributed by atoms with van der Waals surface area (Å²) < 4.78 is 10.7. The van der Waals surface area contributed by atoms with E-state index in [0.717, 1.165) is 33.5 Å². The maximum Gasteiger partial charge on any atom is 0.231 e. The molecule has 0 saturated carbocycles. The first-order chi connectivity index (χ1) is 10.9. The summed E-state index contributed by atoms with van der Waals surface area (Å²) in [6, 6.07) is 7.71. The number of aromatic nitrogens is 3. The lowest BCUT2D eigenvalue weighted by atomic mass is 10.2. The zero-order valence-corrected chi connectivity index (χ0v) is 12.3. The van der Waals surface area contributed by atoms with Gasteiger partial charge in [-0.3, -0.25) is 0 Å². The van der Waals surface area contributed by atoms with Crippen molar-refractivity contribution in [2.45, 2.75) is 0 Å². The van der Waals surface area contributed by atoms with Gasteiger partial charge in [-0.15, -0.1) is 11.3 Å². The number of rotatable bonds is 3. The van der Waals surface area contributed by atoms with Gasteiger partial charge in [-0.1, -0.05) is 0 Å². The molecule has 0 unspecified atom stereocenters. The number of hydrogen-bond donors (Lipinski definition) is 0. The zero-order valence-electron chi connectivity index (χ0n) is 11.5. The van der Waals surface area contributed by atoms with E-state index >= 15 is 0 Å². The van der Waals surface area contributed by atoms with Crippen LogP contribution in [-0.4, -0.2) is 21.7 Å². The van der Waals surface area contributed by atoms with Crippen molar-refractivity contribution in [1.29, 1.82) is 0 Å². The molecule has 2 aromatic heterocycles. The molecule has 6 heteroatoms. The van der Waals surface area contributed by atoms with Crippen LogP contribution < -0.4 is 9.47 Å². The van der Waals surface area contributed by atoms with Crippen LogP contribution in [0.1, 0.15) is 11.4 Å². The monoisotopic (exact) mass is 309 g/mol. The molecular formula is C16H11N3O2S. The maximum absolute atomic E-state index is 5.40. The molecule has 3 aromatic rings. The Morgan fingerprint density at radius 1 is 1.05 bits per heavy atom. The van der Waals surface area contributed by atoms with Gasteiger partial charge in [-0.25, -0.2) is 15.0 Å². The fourth-order valence-electron chi connectivity index (χ4n) is 2.10. The molecule has 4 rings (SSSR count). The van der Waals surface area contributed by atoms with E-state index in [1.807, 2.05) is 41.8 Å². The van der Waals surface area contributed by atoms with Gasteiger partial charge in [0.25, 0.3) is 0 Å². The first kappa shape index (κ1) is 13.0. The highest BCUT2D eigenvalue weighted by Crippen LogP contribution is 2.36. The standard InChI is InChI=1S/C16H11N3O2S/c1-4-14-15(21-10-20-14)7-11(1)16-19-13(8-22-16)3-2-12-5-6-17-9-18-12/h1-9H,10H2. The Kier molecular flexibility index (Phi) is 3.29. The average Bonchev–Trinajstić information content (AvgIpc) is 3.22. The first-order valence-electron chi connectivity index (χ1n) is 6.68. The van der Waals surface area contributed by atoms with Crippen molar-refractivity contribution >= 4 is 23.5 Å². The van der Waals surface area contributed by atoms with Crippen molar-refractivity contribution in [2.75, 3.05) is 6.79 Å². The topological polar surface area (TPSA) is 57.1 Å². The highest BCUT2D eigenvalue weighted by atomic mass is 32.1. The molecule has 3 heterocycles. The number of hydrogen-bond acceptors (Lipinski definition) is 6. The minimum atomic E-state index is 0.281. The number of fused-ring (bicyclic) bond motifs is 1. The molecule has 0 saturated heterocycles. The van der Waals surface area contributed by atoms with Gasteiger partial charge in [0, 0.05) is 17.1 Å². The predicted octanol–water partition coefficient (Wildman–Crippen LogP) is 3.50. The summed E-state index contributed by atoms with van der Waals surface area (Å²) in [5.74, 6) is 1.55. The Bertz CT molecular complexity index is 830. The van der Waals surface area contributed by atoms with Crippen LogP contribution in [0.3, 0.4) is 0 Å². The largest absolute Gasteiger partial charge is 0.454 e. The molecule has 0 spiro atoms. The van der Waals surface area contributed by atoms with Gasteiger partial charge in [-0.2, -0.15) is 0 Å². The van der Waals surface area contributed by atoms with E-state index in [-0.39, 0.29) is 6.79 Å². The van der Waals surface area contributed by atoms with Gasteiger partial charge in [0.1, 0.15) is 11.3 Å². The molecule has 0 fully saturated rings. The third-order valence-electron chi connectivity index (χ3n) is 3.17. The number of ether oxygens (including phenoxy) is 2. The quantitative estimate of drug-likeness (QED) is 0.741. The summed E-state index contributed by atoms with van der Waals surface area (Å²) in [5, 5.41) is 2.96. The van der Waals surface area contributed by atoms with E-state index in [4.69, 9.17) is 9.47 Å². The molecule has 0 atom stereocenters. The Balaban J connectivity index is 1.58. The van der Waals surface area contributed by atoms with E-state index in [2.05, 4.69) is 15.0 Å². The minimum absolute atomic E-state index is 0.281. The van der Waals surface area contributed by atoms with E-state index < -0.39 is 0 Å². The summed E-state index contributed by atoms with van der Waals surface area (Å²) in [4.78, 5) is 12.7. The van der Waals surface area contributed by atoms with Crippen LogP contribution in [0, 0.1) is 0 Å². The van der Waals surface area contributed by atoms with Crippen LogP contribution in [-0.2, 0) is 0 Å². The molecule has 1 aromatic carbocycles. The number of nitrogens with zero attached hydrogens (tertiary/aromatic N) is 3. The van der Waals surface area contributed by atoms with Crippen molar-refractivity contribution in [3.8, 4) is 22.1 Å². The molecule has 5 nitrogen and oxygen atoms in total. The second-order valence-electron chi connectivity index (χ2n) is 4.61. The van der Waals surface area contributed by atoms with Gasteiger partial charge in [0.05, 0.1) is 11.4 Å². The van der Waals surface area contributed by atoms with E-state index in [0.29, 0.717) is 0 Å². The average molecular weight is 309 g/mol. The normalized spacial score (nSPS) is 12.9. The van der Waals surface area contributed by atoms with Crippen LogP contribution in [0.15, 0.2) is 42.2 Å². The smallest absolute Gasteiger partial charge is 0.231 e. The second-order valence-corrected chi connectivity index (χ2v) is 5.47. The van der Waals surface area contributed by atoms with Gasteiger partial charge < -0.3 is 9.47 Å². The van der Waals surface area contributed by atoms with Crippen LogP contribution in [0.4, 0.5) is 0 Å². The maximum atomic E-state index is 5.40. The van der Waals surface area contributed by atoms with Crippen molar-refractivity contribution in [2.24, 2.45) is 0 Å². The Morgan fingerprint density at radius 3 is 2.86 bits per heavy atom. The minimum Gasteiger partial charge on any atom is -0.454 e. The highest BCUT2D eigenvalue weighted by Gasteiger charge is 2.14. The van der Waals surface area contributed by atoms with Crippen molar-refractivity contribution in [3.05, 3.63) is 53.6 Å². The Morgan fingerprint density at radius 2 is 1.95 bits per heavy atom. The summed E-state index contributed by atoms with van der Waals surface area (Å²) >= 11 is 1.59. The zero-order chi connectivity index (χ0) is 14.8. The lowest BCUT2D eigenvalue weighted by molar-refractivity contribution is 0.174. The predicted molar refractivity (Wildman–Crippen MR) is 84.6 cm³/mol. The third-order valence-corrected chi connectivity index (χ3v) is 4.08. The first-order valence-corrected chi connectivity index (χ1v) is 7.56. The SMILES string of the molecule is C(=Cc1csc(-c2ccc3c(c2)OCO3)n1)c1ccncn1. The molecular weight excluding hydrogens is 298 g/mol. The van der Waals surface area contributed by atoms with Crippen molar-refractivity contribution in [3.63, 3.8) is 0 Å². The van der Waals surface area contributed by atoms with E-state index in [1.165, 1.54) is 6.33 Å². The summed E-state index contributed by atoms with van der Waals surface area (Å²) in [5.41, 5.74) is 2.78. The molecule has 0 N–H and O–H groups in total. The Labute approximate surface area is 130 Å². The van der Waals surface area contributed by atoms with Crippen molar-refractivity contribution in [1.82, 2.24) is 15.0 Å². The third kappa shape index (κ3) is 2.56. The molecule has 0 bridgehead atoms. The van der Waals surface area contributed by atoms with Crippen LogP contribution >= 0.6 is 11.3 Å². The second kappa shape index (κ2) is 5.57. The van der Waals surface area contributed by atoms with Crippen LogP contribution in [0.25, 0.3) is 22.7 Å². The van der Waals surface area contributed by atoms with Gasteiger partial charge >= 0.3 is 0 Å². The molecule has 0 radical (unpaired) electrons. The van der Waals surface area contributed by atoms with E-state index in [1.54, 1.807) is 17.5 Å². The molecule has 0 amide bonds. The Hall–Kier alpha value is -2.73. The van der Waals surface area contributed by atoms with Crippen LogP contribution in [0.2, 0.25) is 0 Å². The number of thiazole rings is 1. The molecule has 1 aliphatic rings. The fraction of sp³-hybridized carbons (Fsp3) is 0.0625. The fourth-order valence-corrected chi connectivity index (χ4v) is 2.88. The lowest BCUT2D eigenvalue weighted by Gasteiger charge is -1.98. The van der Waals surface area contributed by atoms with Gasteiger partial charge in [0.2, 0.25) is 6.79 Å². The van der Waals surface area contributed by atoms with E-state index in [9.17, 15) is 0 Å². The summed E-state index contributed by atoms with van der Waals surface area (Å²) in [6.07, 6.45) is 7.10. The molecule has 0 aliphatic carbocycles. The molecule has 108 valence electrons. The molecule has 22 heavy (non-hydrogen) atoms. The highest BCUT2D eigenvalue weighted by molar-refractivity contribution is 7.13. The summed E-state index contributed by atoms with van der Waals surface area (Å²) in [6.45, 7) is 0.281. The van der Waals surface area contributed by atoms with Gasteiger partial charge in [-0.05, 0) is 36.4 Å². The number of benzene rings is 1. The summed E-state index contributed by atoms with van der Waals surface area (Å²) in [7, 11) is 0. The van der Waals surface area contributed by atoms with Gasteiger partial charge in [0.15, 0.2) is 11.5 Å².